The summed E-state index contributed by atoms with van der Waals surface area (Å²) in [6.45, 7) is 5.06. The number of fused-ring (bicyclic) bond motifs is 1. The fraction of sp³-hybridized carbons (Fsp3) is 0.312. The molecule has 0 unspecified atom stereocenters. The number of benzene rings is 2. The lowest BCUT2D eigenvalue weighted by Gasteiger charge is -2.11. The number of ether oxygens (including phenoxy) is 2. The van der Waals surface area contributed by atoms with E-state index in [1.54, 1.807) is 6.07 Å². The highest BCUT2D eigenvalue weighted by Crippen LogP contribution is 2.28. The number of hydrogen-bond acceptors (Lipinski definition) is 3. The molecule has 0 aromatic heterocycles. The molecule has 0 radical (unpaired) electrons. The molecule has 0 atom stereocenters. The Hall–Kier alpha value is -2.05. The van der Waals surface area contributed by atoms with E-state index in [1.807, 2.05) is 44.2 Å². The lowest BCUT2D eigenvalue weighted by atomic mass is 10.0. The van der Waals surface area contributed by atoms with Crippen molar-refractivity contribution in [1.82, 2.24) is 0 Å². The molecular formula is C16H17NO2. The predicted octanol–water partition coefficient (Wildman–Crippen LogP) is 3.52. The van der Waals surface area contributed by atoms with Gasteiger partial charge in [0.05, 0.1) is 24.3 Å². The van der Waals surface area contributed by atoms with Crippen molar-refractivity contribution in [1.29, 1.82) is 5.26 Å². The SMILES string of the molecule is CC(C)OCCOc1ccc(C#N)c2ccccc12. The summed E-state index contributed by atoms with van der Waals surface area (Å²) in [5.74, 6) is 0.793. The van der Waals surface area contributed by atoms with E-state index in [4.69, 9.17) is 14.7 Å². The van der Waals surface area contributed by atoms with E-state index < -0.39 is 0 Å². The van der Waals surface area contributed by atoms with Crippen molar-refractivity contribution in [3.8, 4) is 11.8 Å². The van der Waals surface area contributed by atoms with Gasteiger partial charge in [0, 0.05) is 10.8 Å². The Morgan fingerprint density at radius 1 is 1.05 bits per heavy atom. The minimum atomic E-state index is 0.210. The van der Waals surface area contributed by atoms with Gasteiger partial charge in [-0.25, -0.2) is 0 Å². The van der Waals surface area contributed by atoms with Crippen molar-refractivity contribution in [2.45, 2.75) is 20.0 Å². The maximum absolute atomic E-state index is 9.09. The standard InChI is InChI=1S/C16H17NO2/c1-12(2)18-9-10-19-16-8-7-13(11-17)14-5-3-4-6-15(14)16/h3-8,12H,9-10H2,1-2H3. The largest absolute Gasteiger partial charge is 0.491 e. The van der Waals surface area contributed by atoms with Gasteiger partial charge in [0.15, 0.2) is 0 Å². The van der Waals surface area contributed by atoms with Gasteiger partial charge in [-0.2, -0.15) is 5.26 Å². The lowest BCUT2D eigenvalue weighted by Crippen LogP contribution is -2.11. The van der Waals surface area contributed by atoms with Gasteiger partial charge in [-0.05, 0) is 26.0 Å². The van der Waals surface area contributed by atoms with Crippen LogP contribution in [0, 0.1) is 11.3 Å². The molecule has 0 spiro atoms. The second kappa shape index (κ2) is 6.21. The van der Waals surface area contributed by atoms with Crippen LogP contribution in [0.5, 0.6) is 5.75 Å². The Bertz CT molecular complexity index is 599. The fourth-order valence-electron chi connectivity index (χ4n) is 1.93. The average molecular weight is 255 g/mol. The van der Waals surface area contributed by atoms with Crippen LogP contribution in [-0.4, -0.2) is 19.3 Å². The number of nitriles is 1. The number of hydrogen-bond donors (Lipinski definition) is 0. The summed E-state index contributed by atoms with van der Waals surface area (Å²) in [6.07, 6.45) is 0.210. The third-order valence-electron chi connectivity index (χ3n) is 2.80. The van der Waals surface area contributed by atoms with E-state index >= 15 is 0 Å². The molecule has 2 rings (SSSR count). The maximum Gasteiger partial charge on any atom is 0.127 e. The summed E-state index contributed by atoms with van der Waals surface area (Å²) in [5, 5.41) is 11.0. The van der Waals surface area contributed by atoms with Gasteiger partial charge in [0.2, 0.25) is 0 Å². The topological polar surface area (TPSA) is 42.2 Å². The van der Waals surface area contributed by atoms with Gasteiger partial charge in [0.25, 0.3) is 0 Å². The average Bonchev–Trinajstić information content (AvgIpc) is 2.43. The second-order valence-electron chi connectivity index (χ2n) is 4.54. The van der Waals surface area contributed by atoms with Crippen LogP contribution in [0.25, 0.3) is 10.8 Å². The zero-order valence-electron chi connectivity index (χ0n) is 11.2. The molecule has 0 aliphatic carbocycles. The van der Waals surface area contributed by atoms with E-state index in [9.17, 15) is 0 Å². The first-order valence-electron chi connectivity index (χ1n) is 6.38. The van der Waals surface area contributed by atoms with Gasteiger partial charge in [-0.3, -0.25) is 0 Å². The Morgan fingerprint density at radius 2 is 1.79 bits per heavy atom. The quantitative estimate of drug-likeness (QED) is 0.768. The van der Waals surface area contributed by atoms with E-state index in [-0.39, 0.29) is 6.10 Å². The van der Waals surface area contributed by atoms with Crippen molar-refractivity contribution in [2.24, 2.45) is 0 Å². The Morgan fingerprint density at radius 3 is 2.47 bits per heavy atom. The van der Waals surface area contributed by atoms with Crippen molar-refractivity contribution in [2.75, 3.05) is 13.2 Å². The van der Waals surface area contributed by atoms with Crippen molar-refractivity contribution < 1.29 is 9.47 Å². The van der Waals surface area contributed by atoms with Crippen LogP contribution < -0.4 is 4.74 Å². The molecule has 0 saturated carbocycles. The van der Waals surface area contributed by atoms with Crippen molar-refractivity contribution in [3.05, 3.63) is 42.0 Å². The molecule has 98 valence electrons. The monoisotopic (exact) mass is 255 g/mol. The molecular weight excluding hydrogens is 238 g/mol. The molecule has 2 aromatic rings. The zero-order chi connectivity index (χ0) is 13.7. The third kappa shape index (κ3) is 3.24. The Labute approximate surface area is 113 Å². The summed E-state index contributed by atoms with van der Waals surface area (Å²) in [7, 11) is 0. The molecule has 0 fully saturated rings. The summed E-state index contributed by atoms with van der Waals surface area (Å²) >= 11 is 0. The van der Waals surface area contributed by atoms with Crippen molar-refractivity contribution in [3.63, 3.8) is 0 Å². The predicted molar refractivity (Wildman–Crippen MR) is 75.2 cm³/mol. The lowest BCUT2D eigenvalue weighted by molar-refractivity contribution is 0.0556. The summed E-state index contributed by atoms with van der Waals surface area (Å²) in [6, 6.07) is 13.6. The van der Waals surface area contributed by atoms with Gasteiger partial charge in [-0.1, -0.05) is 24.3 Å². The molecule has 19 heavy (non-hydrogen) atoms. The molecule has 0 saturated heterocycles. The summed E-state index contributed by atoms with van der Waals surface area (Å²) in [5.41, 5.74) is 0.668. The highest BCUT2D eigenvalue weighted by molar-refractivity contribution is 5.92. The summed E-state index contributed by atoms with van der Waals surface area (Å²) in [4.78, 5) is 0. The minimum Gasteiger partial charge on any atom is -0.491 e. The third-order valence-corrected chi connectivity index (χ3v) is 2.80. The molecule has 3 nitrogen and oxygen atoms in total. The van der Waals surface area contributed by atoms with Crippen LogP contribution in [0.1, 0.15) is 19.4 Å². The smallest absolute Gasteiger partial charge is 0.127 e. The van der Waals surface area contributed by atoms with E-state index in [0.29, 0.717) is 18.8 Å². The molecule has 3 heteroatoms. The molecule has 0 N–H and O–H groups in total. The summed E-state index contributed by atoms with van der Waals surface area (Å²) < 4.78 is 11.2. The van der Waals surface area contributed by atoms with Crippen LogP contribution in [-0.2, 0) is 4.74 Å². The van der Waals surface area contributed by atoms with Gasteiger partial charge in [0.1, 0.15) is 12.4 Å². The van der Waals surface area contributed by atoms with Crippen LogP contribution >= 0.6 is 0 Å². The van der Waals surface area contributed by atoms with Gasteiger partial charge < -0.3 is 9.47 Å². The molecule has 0 aliphatic heterocycles. The Balaban J connectivity index is 2.18. The Kier molecular flexibility index (Phi) is 4.38. The van der Waals surface area contributed by atoms with Crippen LogP contribution in [0.15, 0.2) is 36.4 Å². The molecule has 0 heterocycles. The highest BCUT2D eigenvalue weighted by atomic mass is 16.5. The minimum absolute atomic E-state index is 0.210. The number of nitrogens with zero attached hydrogens (tertiary/aromatic N) is 1. The molecule has 0 aliphatic rings. The van der Waals surface area contributed by atoms with Gasteiger partial charge >= 0.3 is 0 Å². The van der Waals surface area contributed by atoms with Crippen molar-refractivity contribution >= 4 is 10.8 Å². The zero-order valence-corrected chi connectivity index (χ0v) is 11.2. The normalized spacial score (nSPS) is 10.6. The van der Waals surface area contributed by atoms with Crippen LogP contribution in [0.2, 0.25) is 0 Å². The van der Waals surface area contributed by atoms with E-state index in [1.165, 1.54) is 0 Å². The maximum atomic E-state index is 9.09. The first-order chi connectivity index (χ1) is 9.22. The van der Waals surface area contributed by atoms with E-state index in [0.717, 1.165) is 16.5 Å². The fourth-order valence-corrected chi connectivity index (χ4v) is 1.93. The first-order valence-corrected chi connectivity index (χ1v) is 6.38. The number of rotatable bonds is 5. The highest BCUT2D eigenvalue weighted by Gasteiger charge is 2.06. The molecule has 2 aromatic carbocycles. The molecule has 0 bridgehead atoms. The van der Waals surface area contributed by atoms with Gasteiger partial charge in [-0.15, -0.1) is 0 Å². The second-order valence-corrected chi connectivity index (χ2v) is 4.54. The van der Waals surface area contributed by atoms with E-state index in [2.05, 4.69) is 6.07 Å². The first kappa shape index (κ1) is 13.4. The van der Waals surface area contributed by atoms with Crippen LogP contribution in [0.3, 0.4) is 0 Å². The van der Waals surface area contributed by atoms with Crippen LogP contribution in [0.4, 0.5) is 0 Å². The molecule has 0 amide bonds.